The Labute approximate surface area is 96.0 Å². The van der Waals surface area contributed by atoms with Crippen molar-refractivity contribution in [3.8, 4) is 0 Å². The van der Waals surface area contributed by atoms with Crippen LogP contribution in [0.5, 0.6) is 0 Å². The van der Waals surface area contributed by atoms with Crippen LogP contribution in [-0.4, -0.2) is 24.4 Å². The average Bonchev–Trinajstić information content (AvgIpc) is 2.27. The smallest absolute Gasteiger partial charge is 0.404 e. The molecule has 0 aromatic heterocycles. The molecule has 1 rings (SSSR count). The molecule has 0 fully saturated rings. The summed E-state index contributed by atoms with van der Waals surface area (Å²) in [6.07, 6.45) is 1.02. The zero-order valence-electron chi connectivity index (χ0n) is 9.56. The molecule has 3 N–H and O–H groups in total. The largest absolute Gasteiger partial charge is 0.450 e. The van der Waals surface area contributed by atoms with E-state index in [0.29, 0.717) is 6.61 Å². The number of primary amides is 1. The fraction of sp³-hybridized carbons (Fsp3) is 0.417. The molecule has 16 heavy (non-hydrogen) atoms. The zero-order valence-corrected chi connectivity index (χ0v) is 9.56. The van der Waals surface area contributed by atoms with Crippen LogP contribution in [0, 0.1) is 0 Å². The third kappa shape index (κ3) is 9.02. The number of amides is 1. The Balaban J connectivity index is 0.000000673. The first-order valence-electron chi connectivity index (χ1n) is 5.27. The minimum absolute atomic E-state index is 0.250. The first kappa shape index (κ1) is 14.5. The predicted octanol–water partition coefficient (Wildman–Crippen LogP) is 1.71. The summed E-state index contributed by atoms with van der Waals surface area (Å²) in [5, 5.41) is 7.57. The van der Waals surface area contributed by atoms with Crippen LogP contribution >= 0.6 is 0 Å². The number of hydrogen-bond donors (Lipinski definition) is 2. The minimum Gasteiger partial charge on any atom is -0.450 e. The van der Waals surface area contributed by atoms with Crippen molar-refractivity contribution in [2.75, 3.05) is 13.2 Å². The van der Waals surface area contributed by atoms with Gasteiger partial charge in [-0.05, 0) is 25.3 Å². The second kappa shape index (κ2) is 9.98. The van der Waals surface area contributed by atoms with Crippen molar-refractivity contribution >= 4 is 6.09 Å². The third-order valence-electron chi connectivity index (χ3n) is 1.70. The first-order chi connectivity index (χ1) is 7.70. The highest BCUT2D eigenvalue weighted by Gasteiger charge is 1.94. The molecular weight excluding hydrogens is 206 g/mol. The van der Waals surface area contributed by atoms with Crippen molar-refractivity contribution < 1.29 is 14.6 Å². The molecule has 0 bridgehead atoms. The molecule has 0 spiro atoms. The minimum atomic E-state index is -0.701. The van der Waals surface area contributed by atoms with Gasteiger partial charge in [-0.2, -0.15) is 0 Å². The zero-order chi connectivity index (χ0) is 12.2. The second-order valence-electron chi connectivity index (χ2n) is 3.07. The highest BCUT2D eigenvalue weighted by molar-refractivity contribution is 5.64. The van der Waals surface area contributed by atoms with Crippen molar-refractivity contribution in [2.24, 2.45) is 5.73 Å². The molecule has 0 unspecified atom stereocenters. The van der Waals surface area contributed by atoms with Crippen LogP contribution in [-0.2, 0) is 11.2 Å². The second-order valence-corrected chi connectivity index (χ2v) is 3.07. The van der Waals surface area contributed by atoms with Crippen LogP contribution in [0.4, 0.5) is 4.79 Å². The van der Waals surface area contributed by atoms with E-state index in [2.05, 4.69) is 4.74 Å². The average molecular weight is 225 g/mol. The number of aliphatic hydroxyl groups excluding tert-OH is 1. The Morgan fingerprint density at radius 2 is 1.94 bits per heavy atom. The summed E-state index contributed by atoms with van der Waals surface area (Å²) in [4.78, 5) is 10.2. The van der Waals surface area contributed by atoms with Gasteiger partial charge in [0.2, 0.25) is 0 Å². The third-order valence-corrected chi connectivity index (χ3v) is 1.70. The van der Waals surface area contributed by atoms with Gasteiger partial charge in [0.15, 0.2) is 0 Å². The molecule has 90 valence electrons. The Kier molecular flexibility index (Phi) is 9.02. The van der Waals surface area contributed by atoms with Gasteiger partial charge in [0.1, 0.15) is 0 Å². The Bertz CT molecular complexity index is 275. The number of nitrogens with two attached hydrogens (primary N) is 1. The molecule has 0 saturated carbocycles. The molecule has 4 heteroatoms. The van der Waals surface area contributed by atoms with E-state index >= 15 is 0 Å². The normalized spacial score (nSPS) is 8.88. The van der Waals surface area contributed by atoms with Crippen molar-refractivity contribution in [1.82, 2.24) is 0 Å². The number of hydrogen-bond acceptors (Lipinski definition) is 3. The molecule has 1 aromatic carbocycles. The van der Waals surface area contributed by atoms with Crippen LogP contribution in [0.25, 0.3) is 0 Å². The van der Waals surface area contributed by atoms with Gasteiger partial charge < -0.3 is 15.6 Å². The fourth-order valence-corrected chi connectivity index (χ4v) is 1.09. The number of carbonyl (C=O) groups is 1. The van der Waals surface area contributed by atoms with Gasteiger partial charge in [-0.25, -0.2) is 4.79 Å². The Morgan fingerprint density at radius 3 is 2.44 bits per heavy atom. The Morgan fingerprint density at radius 1 is 1.38 bits per heavy atom. The van der Waals surface area contributed by atoms with Crippen LogP contribution in [0.15, 0.2) is 30.3 Å². The standard InChI is InChI=1S/C10H13NO2.C2H6O/c11-10(12)13-8-4-7-9-5-2-1-3-6-9;1-2-3/h1-3,5-6H,4,7-8H2,(H2,11,12);3H,2H2,1H3. The van der Waals surface area contributed by atoms with Crippen LogP contribution in [0.3, 0.4) is 0 Å². The molecule has 0 atom stereocenters. The lowest BCUT2D eigenvalue weighted by molar-refractivity contribution is 0.155. The summed E-state index contributed by atoms with van der Waals surface area (Å²) in [6.45, 7) is 2.32. The van der Waals surface area contributed by atoms with Gasteiger partial charge in [-0.15, -0.1) is 0 Å². The highest BCUT2D eigenvalue weighted by Crippen LogP contribution is 2.01. The molecule has 1 amide bonds. The maximum atomic E-state index is 10.2. The van der Waals surface area contributed by atoms with E-state index in [9.17, 15) is 4.79 Å². The fourth-order valence-electron chi connectivity index (χ4n) is 1.09. The molecule has 0 aliphatic carbocycles. The number of aryl methyl sites for hydroxylation is 1. The van der Waals surface area contributed by atoms with Crippen molar-refractivity contribution in [1.29, 1.82) is 0 Å². The van der Waals surface area contributed by atoms with E-state index in [4.69, 9.17) is 10.8 Å². The van der Waals surface area contributed by atoms with Crippen molar-refractivity contribution in [2.45, 2.75) is 19.8 Å². The molecule has 1 aromatic rings. The maximum Gasteiger partial charge on any atom is 0.404 e. The monoisotopic (exact) mass is 225 g/mol. The van der Waals surface area contributed by atoms with E-state index in [1.165, 1.54) is 5.56 Å². The summed E-state index contributed by atoms with van der Waals surface area (Å²) in [7, 11) is 0. The predicted molar refractivity (Wildman–Crippen MR) is 63.1 cm³/mol. The maximum absolute atomic E-state index is 10.2. The summed E-state index contributed by atoms with van der Waals surface area (Å²) in [5.74, 6) is 0. The highest BCUT2D eigenvalue weighted by atomic mass is 16.5. The molecule has 0 saturated heterocycles. The summed E-state index contributed by atoms with van der Waals surface area (Å²) in [6, 6.07) is 10.0. The summed E-state index contributed by atoms with van der Waals surface area (Å²) in [5.41, 5.74) is 6.06. The topological polar surface area (TPSA) is 72.5 Å². The number of ether oxygens (including phenoxy) is 1. The SMILES string of the molecule is CCO.NC(=O)OCCCc1ccccc1. The number of aliphatic hydroxyl groups is 1. The quantitative estimate of drug-likeness (QED) is 0.766. The van der Waals surface area contributed by atoms with E-state index < -0.39 is 6.09 Å². The molecule has 4 nitrogen and oxygen atoms in total. The van der Waals surface area contributed by atoms with Gasteiger partial charge in [0, 0.05) is 6.61 Å². The molecule has 0 aliphatic rings. The van der Waals surface area contributed by atoms with Gasteiger partial charge in [0.05, 0.1) is 6.61 Å². The van der Waals surface area contributed by atoms with Crippen molar-refractivity contribution in [3.63, 3.8) is 0 Å². The lowest BCUT2D eigenvalue weighted by Crippen LogP contribution is -2.13. The van der Waals surface area contributed by atoms with E-state index in [-0.39, 0.29) is 6.61 Å². The van der Waals surface area contributed by atoms with Gasteiger partial charge in [-0.1, -0.05) is 30.3 Å². The molecular formula is C12H19NO3. The van der Waals surface area contributed by atoms with E-state index in [0.717, 1.165) is 12.8 Å². The summed E-state index contributed by atoms with van der Waals surface area (Å²) >= 11 is 0. The number of carbonyl (C=O) groups excluding carboxylic acids is 1. The first-order valence-corrected chi connectivity index (χ1v) is 5.27. The Hall–Kier alpha value is -1.55. The number of benzene rings is 1. The molecule has 0 radical (unpaired) electrons. The van der Waals surface area contributed by atoms with E-state index in [1.807, 2.05) is 30.3 Å². The van der Waals surface area contributed by atoms with E-state index in [1.54, 1.807) is 6.92 Å². The molecule has 0 heterocycles. The number of rotatable bonds is 4. The van der Waals surface area contributed by atoms with Crippen LogP contribution < -0.4 is 5.73 Å². The van der Waals surface area contributed by atoms with Crippen LogP contribution in [0.1, 0.15) is 18.9 Å². The lowest BCUT2D eigenvalue weighted by Gasteiger charge is -2.01. The summed E-state index contributed by atoms with van der Waals surface area (Å²) < 4.78 is 4.60. The molecule has 0 aliphatic heterocycles. The van der Waals surface area contributed by atoms with Gasteiger partial charge in [-0.3, -0.25) is 0 Å². The van der Waals surface area contributed by atoms with Gasteiger partial charge in [0.25, 0.3) is 0 Å². The van der Waals surface area contributed by atoms with Crippen LogP contribution in [0.2, 0.25) is 0 Å². The van der Waals surface area contributed by atoms with Gasteiger partial charge >= 0.3 is 6.09 Å². The lowest BCUT2D eigenvalue weighted by atomic mass is 10.1. The van der Waals surface area contributed by atoms with Crippen molar-refractivity contribution in [3.05, 3.63) is 35.9 Å².